The lowest BCUT2D eigenvalue weighted by molar-refractivity contribution is -0.150. The van der Waals surface area contributed by atoms with Gasteiger partial charge >= 0.3 is 11.9 Å². The van der Waals surface area contributed by atoms with Crippen molar-refractivity contribution in [2.24, 2.45) is 0 Å². The van der Waals surface area contributed by atoms with Gasteiger partial charge in [0.25, 0.3) is 0 Å². The highest BCUT2D eigenvalue weighted by atomic mass is 16.5. The lowest BCUT2D eigenvalue weighted by Gasteiger charge is -2.13. The predicted octanol–water partition coefficient (Wildman–Crippen LogP) is 1.57. The highest BCUT2D eigenvalue weighted by molar-refractivity contribution is 5.73. The van der Waals surface area contributed by atoms with Crippen LogP contribution in [0.15, 0.2) is 24.3 Å². The molecule has 0 fully saturated rings. The third kappa shape index (κ3) is 4.89. The maximum Gasteiger partial charge on any atom is 0.344 e. The number of rotatable bonds is 8. The topological polar surface area (TPSA) is 93.1 Å². The molecular weight excluding hydrogens is 264 g/mol. The number of hydrogen-bond donors (Lipinski definition) is 2. The molecule has 0 bridgehead atoms. The molecule has 1 aromatic carbocycles. The smallest absolute Gasteiger partial charge is 0.344 e. The minimum absolute atomic E-state index is 0.248. The average Bonchev–Trinajstić information content (AvgIpc) is 2.40. The van der Waals surface area contributed by atoms with Gasteiger partial charge in [0, 0.05) is 13.0 Å². The molecule has 6 heteroatoms. The molecule has 0 heterocycles. The van der Waals surface area contributed by atoms with E-state index in [0.29, 0.717) is 12.4 Å². The number of benzene rings is 1. The molecule has 2 atom stereocenters. The first-order chi connectivity index (χ1) is 9.43. The molecule has 0 saturated carbocycles. The summed E-state index contributed by atoms with van der Waals surface area (Å²) in [6.45, 7) is 3.50. The predicted molar refractivity (Wildman–Crippen MR) is 70.9 cm³/mol. The van der Waals surface area contributed by atoms with Crippen molar-refractivity contribution < 1.29 is 29.3 Å². The first-order valence-electron chi connectivity index (χ1n) is 6.26. The van der Waals surface area contributed by atoms with Crippen LogP contribution in [0.25, 0.3) is 0 Å². The highest BCUT2D eigenvalue weighted by Crippen LogP contribution is 2.16. The molecule has 0 saturated heterocycles. The third-order valence-corrected chi connectivity index (χ3v) is 2.65. The molecule has 20 heavy (non-hydrogen) atoms. The summed E-state index contributed by atoms with van der Waals surface area (Å²) in [5.74, 6) is -1.63. The van der Waals surface area contributed by atoms with E-state index in [4.69, 9.17) is 19.7 Å². The van der Waals surface area contributed by atoms with Crippen LogP contribution in [0.1, 0.15) is 19.4 Å². The highest BCUT2D eigenvalue weighted by Gasteiger charge is 2.18. The summed E-state index contributed by atoms with van der Waals surface area (Å²) in [7, 11) is 0. The van der Waals surface area contributed by atoms with Crippen LogP contribution in [-0.4, -0.2) is 41.0 Å². The van der Waals surface area contributed by atoms with Crippen LogP contribution < -0.4 is 4.74 Å². The average molecular weight is 282 g/mol. The Hall–Kier alpha value is -2.08. The summed E-state index contributed by atoms with van der Waals surface area (Å²) in [4.78, 5) is 21.6. The lowest BCUT2D eigenvalue weighted by Crippen LogP contribution is -2.26. The van der Waals surface area contributed by atoms with Gasteiger partial charge in [0.15, 0.2) is 12.2 Å². The minimum Gasteiger partial charge on any atom is -0.479 e. The molecule has 6 nitrogen and oxygen atoms in total. The van der Waals surface area contributed by atoms with Gasteiger partial charge in [0.05, 0.1) is 0 Å². The quantitative estimate of drug-likeness (QED) is 0.751. The number of carboxylic acids is 2. The number of ether oxygens (including phenoxy) is 2. The standard InChI is InChI=1S/C14H18O6/c1-3-19-12(14(17)18)8-10-4-6-11(7-5-10)20-9(2)13(15)16/h4-7,9,12H,3,8H2,1-2H3,(H,15,16)(H,17,18)/t9?,12-/m1/s1. The molecule has 1 rings (SSSR count). The zero-order valence-electron chi connectivity index (χ0n) is 11.4. The molecule has 110 valence electrons. The van der Waals surface area contributed by atoms with E-state index in [1.807, 2.05) is 0 Å². The molecule has 1 aromatic rings. The Morgan fingerprint density at radius 2 is 1.75 bits per heavy atom. The van der Waals surface area contributed by atoms with E-state index in [1.165, 1.54) is 6.92 Å². The second-order valence-corrected chi connectivity index (χ2v) is 4.23. The van der Waals surface area contributed by atoms with Gasteiger partial charge in [-0.05, 0) is 31.5 Å². The Bertz CT molecular complexity index is 453. The zero-order valence-corrected chi connectivity index (χ0v) is 11.4. The maximum atomic E-state index is 11.0. The van der Waals surface area contributed by atoms with E-state index in [-0.39, 0.29) is 6.42 Å². The summed E-state index contributed by atoms with van der Waals surface area (Å²) in [6.07, 6.45) is -1.57. The van der Waals surface area contributed by atoms with Gasteiger partial charge in [0.2, 0.25) is 0 Å². The van der Waals surface area contributed by atoms with Crippen molar-refractivity contribution >= 4 is 11.9 Å². The Balaban J connectivity index is 2.66. The Labute approximate surface area is 116 Å². The van der Waals surface area contributed by atoms with Crippen molar-refractivity contribution in [2.45, 2.75) is 32.5 Å². The molecule has 0 aliphatic rings. The summed E-state index contributed by atoms with van der Waals surface area (Å²) in [6, 6.07) is 6.61. The zero-order chi connectivity index (χ0) is 15.1. The van der Waals surface area contributed by atoms with Crippen LogP contribution in [0.5, 0.6) is 5.75 Å². The van der Waals surface area contributed by atoms with Gasteiger partial charge in [-0.3, -0.25) is 0 Å². The van der Waals surface area contributed by atoms with E-state index < -0.39 is 24.1 Å². The minimum atomic E-state index is -1.05. The van der Waals surface area contributed by atoms with Crippen molar-refractivity contribution in [2.75, 3.05) is 6.61 Å². The van der Waals surface area contributed by atoms with E-state index in [2.05, 4.69) is 0 Å². The van der Waals surface area contributed by atoms with E-state index in [9.17, 15) is 9.59 Å². The number of carboxylic acid groups (broad SMARTS) is 2. The van der Waals surface area contributed by atoms with Gasteiger partial charge in [0.1, 0.15) is 5.75 Å². The number of hydrogen-bond acceptors (Lipinski definition) is 4. The summed E-state index contributed by atoms with van der Waals surface area (Å²) < 4.78 is 10.3. The second-order valence-electron chi connectivity index (χ2n) is 4.23. The second kappa shape index (κ2) is 7.49. The molecule has 0 aliphatic carbocycles. The van der Waals surface area contributed by atoms with Gasteiger partial charge in [-0.2, -0.15) is 0 Å². The van der Waals surface area contributed by atoms with Gasteiger partial charge < -0.3 is 19.7 Å². The molecule has 0 aliphatic heterocycles. The van der Waals surface area contributed by atoms with Gasteiger partial charge in [-0.1, -0.05) is 12.1 Å². The lowest BCUT2D eigenvalue weighted by atomic mass is 10.1. The molecule has 0 spiro atoms. The first-order valence-corrected chi connectivity index (χ1v) is 6.26. The molecule has 0 radical (unpaired) electrons. The summed E-state index contributed by atoms with van der Waals surface area (Å²) >= 11 is 0. The molecular formula is C14H18O6. The van der Waals surface area contributed by atoms with Crippen LogP contribution in [-0.2, 0) is 20.7 Å². The molecule has 0 amide bonds. The van der Waals surface area contributed by atoms with Crippen molar-refractivity contribution in [3.8, 4) is 5.75 Å². The fraction of sp³-hybridized carbons (Fsp3) is 0.429. The van der Waals surface area contributed by atoms with Crippen LogP contribution in [0.3, 0.4) is 0 Å². The molecule has 1 unspecified atom stereocenters. The number of carbonyl (C=O) groups is 2. The molecule has 2 N–H and O–H groups in total. The Kier molecular flexibility index (Phi) is 5.99. The van der Waals surface area contributed by atoms with Crippen molar-refractivity contribution in [1.29, 1.82) is 0 Å². The third-order valence-electron chi connectivity index (χ3n) is 2.65. The van der Waals surface area contributed by atoms with Gasteiger partial charge in [-0.25, -0.2) is 9.59 Å². The first kappa shape index (κ1) is 16.0. The van der Waals surface area contributed by atoms with Crippen LogP contribution >= 0.6 is 0 Å². The Morgan fingerprint density at radius 1 is 1.15 bits per heavy atom. The van der Waals surface area contributed by atoms with Crippen LogP contribution in [0.2, 0.25) is 0 Å². The van der Waals surface area contributed by atoms with Crippen LogP contribution in [0, 0.1) is 0 Å². The van der Waals surface area contributed by atoms with Crippen LogP contribution in [0.4, 0.5) is 0 Å². The SMILES string of the molecule is CCO[C@H](Cc1ccc(OC(C)C(=O)O)cc1)C(=O)O. The summed E-state index contributed by atoms with van der Waals surface area (Å²) in [5.41, 5.74) is 0.779. The largest absolute Gasteiger partial charge is 0.479 e. The van der Waals surface area contributed by atoms with Gasteiger partial charge in [-0.15, -0.1) is 0 Å². The monoisotopic (exact) mass is 282 g/mol. The fourth-order valence-corrected chi connectivity index (χ4v) is 1.59. The maximum absolute atomic E-state index is 11.0. The van der Waals surface area contributed by atoms with Crippen molar-refractivity contribution in [3.05, 3.63) is 29.8 Å². The Morgan fingerprint density at radius 3 is 2.20 bits per heavy atom. The van der Waals surface area contributed by atoms with Crippen molar-refractivity contribution in [3.63, 3.8) is 0 Å². The fourth-order valence-electron chi connectivity index (χ4n) is 1.59. The normalized spacial score (nSPS) is 13.5. The summed E-state index contributed by atoms with van der Waals surface area (Å²) in [5, 5.41) is 17.7. The van der Waals surface area contributed by atoms with E-state index in [1.54, 1.807) is 31.2 Å². The van der Waals surface area contributed by atoms with Crippen molar-refractivity contribution in [1.82, 2.24) is 0 Å². The van der Waals surface area contributed by atoms with E-state index in [0.717, 1.165) is 5.56 Å². The van der Waals surface area contributed by atoms with E-state index >= 15 is 0 Å². The molecule has 0 aromatic heterocycles. The number of aliphatic carboxylic acids is 2.